The van der Waals surface area contributed by atoms with Crippen molar-refractivity contribution in [3.05, 3.63) is 0 Å². The maximum atomic E-state index is 1.67. The largest absolute Gasteiger partial charge is 0.412 e. The summed E-state index contributed by atoms with van der Waals surface area (Å²) in [6, 6.07) is 0. The molecule has 0 aromatic heterocycles. The average molecular weight is 387 g/mol. The molecule has 2 heteroatoms. The molecule has 0 radical (unpaired) electrons. The molecule has 3 aliphatic carbocycles. The molecule has 3 aliphatic rings. The van der Waals surface area contributed by atoms with E-state index in [1.54, 1.807) is 96.3 Å². The van der Waals surface area contributed by atoms with E-state index in [-0.39, 0.29) is 5.48 Å². The second-order valence-electron chi connectivity index (χ2n) is 7.77. The van der Waals surface area contributed by atoms with Crippen LogP contribution in [0.2, 0.25) is 11.8 Å². The Hall–Kier alpha value is 0.759. The molecule has 0 bridgehead atoms. The minimum absolute atomic E-state index is 0. The first kappa shape index (κ1) is 17.1. The second kappa shape index (κ2) is 9.02. The molecule has 3 saturated carbocycles. The maximum Gasteiger partial charge on any atom is -0.412 e. The first-order valence-corrected chi connectivity index (χ1v) is 15.2. The summed E-state index contributed by atoms with van der Waals surface area (Å²) in [6.45, 7) is 0. The summed E-state index contributed by atoms with van der Waals surface area (Å²) < 4.78 is 4.00. The van der Waals surface area contributed by atoms with Gasteiger partial charge in [0.15, 0.2) is 0 Å². The molecule has 0 unspecified atom stereocenters. The van der Waals surface area contributed by atoms with Crippen molar-refractivity contribution in [1.29, 1.82) is 0 Å². The van der Waals surface area contributed by atoms with E-state index in [4.69, 9.17) is 0 Å². The van der Waals surface area contributed by atoms with Crippen molar-refractivity contribution in [2.24, 2.45) is 0 Å². The van der Waals surface area contributed by atoms with Gasteiger partial charge in [0.1, 0.15) is 0 Å². The van der Waals surface area contributed by atoms with Gasteiger partial charge >= 0.3 is 128 Å². The van der Waals surface area contributed by atoms with Crippen LogP contribution < -0.4 is 0 Å². The van der Waals surface area contributed by atoms with Gasteiger partial charge in [0.2, 0.25) is 0 Å². The van der Waals surface area contributed by atoms with E-state index < -0.39 is 19.8 Å². The van der Waals surface area contributed by atoms with Crippen LogP contribution >= 0.6 is 0 Å². The molecular weight excluding hydrogens is 351 g/mol. The minimum atomic E-state index is -1.31. The number of rotatable bonds is 3. The molecule has 0 aliphatic heterocycles. The Kier molecular flexibility index (Phi) is 7.72. The molecule has 0 heterocycles. The molecule has 0 atom stereocenters. The van der Waals surface area contributed by atoms with E-state index in [2.05, 4.69) is 0 Å². The van der Waals surface area contributed by atoms with Crippen molar-refractivity contribution < 1.29 is 5.48 Å². The molecule has 20 heavy (non-hydrogen) atoms. The Balaban J connectivity index is 0.00000147. The first-order chi connectivity index (χ1) is 9.45. The second-order valence-corrected chi connectivity index (χ2v) is 19.1. The molecule has 0 amide bonds. The average Bonchev–Trinajstić information content (AvgIpc) is 2.51. The van der Waals surface area contributed by atoms with Crippen LogP contribution in [0, 0.1) is 0 Å². The Morgan fingerprint density at radius 3 is 0.900 bits per heavy atom. The molecule has 2 N–H and O–H groups in total. The molecule has 3 fully saturated rings. The van der Waals surface area contributed by atoms with Crippen molar-refractivity contribution in [1.82, 2.24) is 0 Å². The van der Waals surface area contributed by atoms with Crippen molar-refractivity contribution >= 4 is 19.8 Å². The number of hydrogen-bond donors (Lipinski definition) is 0. The van der Waals surface area contributed by atoms with Crippen LogP contribution in [-0.4, -0.2) is 25.2 Å². The van der Waals surface area contributed by atoms with Gasteiger partial charge in [-0.25, -0.2) is 0 Å². The Morgan fingerprint density at radius 1 is 0.400 bits per heavy atom. The zero-order valence-electron chi connectivity index (χ0n) is 13.4. The van der Waals surface area contributed by atoms with Crippen molar-refractivity contribution in [3.63, 3.8) is 0 Å². The van der Waals surface area contributed by atoms with Crippen LogP contribution in [0.3, 0.4) is 0 Å². The molecule has 0 aromatic rings. The molecule has 118 valence electrons. The van der Waals surface area contributed by atoms with Crippen LogP contribution in [-0.2, 0) is 0 Å². The Morgan fingerprint density at radius 2 is 0.650 bits per heavy atom. The third-order valence-corrected chi connectivity index (χ3v) is 21.6. The molecule has 0 spiro atoms. The van der Waals surface area contributed by atoms with Gasteiger partial charge in [-0.2, -0.15) is 0 Å². The van der Waals surface area contributed by atoms with Gasteiger partial charge in [-0.05, 0) is 0 Å². The predicted octanol–water partition coefficient (Wildman–Crippen LogP) is 5.39. The van der Waals surface area contributed by atoms with Gasteiger partial charge in [-0.3, -0.25) is 0 Å². The summed E-state index contributed by atoms with van der Waals surface area (Å²) in [5.41, 5.74) is 0. The fourth-order valence-corrected chi connectivity index (χ4v) is 22.9. The summed E-state index contributed by atoms with van der Waals surface area (Å²) in [5, 5.41) is 0. The van der Waals surface area contributed by atoms with Crippen molar-refractivity contribution in [2.75, 3.05) is 0 Å². The van der Waals surface area contributed by atoms with E-state index in [0.717, 1.165) is 0 Å². The van der Waals surface area contributed by atoms with E-state index in [1.165, 1.54) is 11.8 Å². The van der Waals surface area contributed by atoms with E-state index >= 15 is 0 Å². The summed E-state index contributed by atoms with van der Waals surface area (Å²) in [7, 11) is 0. The molecule has 0 saturated heterocycles. The third-order valence-electron chi connectivity index (χ3n) is 6.58. The van der Waals surface area contributed by atoms with Crippen molar-refractivity contribution in [2.45, 2.75) is 108 Å². The maximum absolute atomic E-state index is 1.67. The topological polar surface area (TPSA) is 31.5 Å². The summed E-state index contributed by atoms with van der Waals surface area (Å²) in [6.07, 6.45) is 24.3. The first-order valence-electron chi connectivity index (χ1n) is 9.45. The standard InChI is InChI=1S/3C6H11.H2O.Sn.H/c3*1-2-4-6-5-3-1;;;/h3*1H,2-6H2;1H2;;. The fraction of sp³-hybridized carbons (Fsp3) is 1.00. The Labute approximate surface area is 133 Å². The SMILES string of the molecule is C1CC[CH]([SnH]([CH]2CCCCC2)[CH]2CCCCC2)CC1.O. The smallest absolute Gasteiger partial charge is 0.412 e. The van der Waals surface area contributed by atoms with Crippen LogP contribution in [0.15, 0.2) is 0 Å². The van der Waals surface area contributed by atoms with Crippen LogP contribution in [0.5, 0.6) is 0 Å². The van der Waals surface area contributed by atoms with Gasteiger partial charge in [0.25, 0.3) is 0 Å². The molecule has 0 aromatic carbocycles. The summed E-state index contributed by atoms with van der Waals surface area (Å²) >= 11 is -1.31. The van der Waals surface area contributed by atoms with E-state index in [0.29, 0.717) is 0 Å². The van der Waals surface area contributed by atoms with Crippen LogP contribution in [0.25, 0.3) is 0 Å². The third kappa shape index (κ3) is 4.38. The normalized spacial score (nSPS) is 27.4. The number of hydrogen-bond acceptors (Lipinski definition) is 0. The molecule has 3 rings (SSSR count). The zero-order valence-corrected chi connectivity index (χ0v) is 16.7. The predicted molar refractivity (Wildman–Crippen MR) is 91.3 cm³/mol. The van der Waals surface area contributed by atoms with E-state index in [9.17, 15) is 0 Å². The van der Waals surface area contributed by atoms with Gasteiger partial charge in [0.05, 0.1) is 0 Å². The molecular formula is C18H36OSn. The monoisotopic (exact) mass is 388 g/mol. The van der Waals surface area contributed by atoms with Crippen molar-refractivity contribution in [3.8, 4) is 0 Å². The van der Waals surface area contributed by atoms with Crippen LogP contribution in [0.1, 0.15) is 96.3 Å². The zero-order chi connectivity index (χ0) is 12.9. The molecule has 1 nitrogen and oxygen atoms in total. The van der Waals surface area contributed by atoms with Gasteiger partial charge in [-0.1, -0.05) is 0 Å². The van der Waals surface area contributed by atoms with Gasteiger partial charge < -0.3 is 5.48 Å². The van der Waals surface area contributed by atoms with Gasteiger partial charge in [-0.15, -0.1) is 0 Å². The quantitative estimate of drug-likeness (QED) is 0.582. The minimum Gasteiger partial charge on any atom is -0.412 e. The van der Waals surface area contributed by atoms with E-state index in [1.807, 2.05) is 0 Å². The summed E-state index contributed by atoms with van der Waals surface area (Å²) in [4.78, 5) is 0. The summed E-state index contributed by atoms with van der Waals surface area (Å²) in [5.74, 6) is 0. The fourth-order valence-electron chi connectivity index (χ4n) is 5.71. The van der Waals surface area contributed by atoms with Crippen LogP contribution in [0.4, 0.5) is 0 Å². The Bertz CT molecular complexity index is 207. The van der Waals surface area contributed by atoms with Gasteiger partial charge in [0, 0.05) is 0 Å².